The topological polar surface area (TPSA) is 191 Å². The Balaban J connectivity index is 3.02. The monoisotopic (exact) mass is 484 g/mol. The quantitative estimate of drug-likeness (QED) is 0.160. The average molecular weight is 485 g/mol. The molecule has 0 fully saturated rings. The van der Waals surface area contributed by atoms with Crippen LogP contribution in [0.15, 0.2) is 24.3 Å². The molecular formula is C21H32N4O7S. The number of aromatic hydroxyl groups is 1. The molecular weight excluding hydrogens is 452 g/mol. The van der Waals surface area contributed by atoms with Crippen molar-refractivity contribution in [1.29, 1.82) is 0 Å². The molecule has 1 aromatic carbocycles. The number of benzene rings is 1. The van der Waals surface area contributed by atoms with Crippen LogP contribution in [-0.2, 0) is 25.6 Å². The predicted octanol–water partition coefficient (Wildman–Crippen LogP) is -1.23. The van der Waals surface area contributed by atoms with Crippen LogP contribution in [0.3, 0.4) is 0 Å². The van der Waals surface area contributed by atoms with Crippen molar-refractivity contribution in [1.82, 2.24) is 16.0 Å². The minimum absolute atomic E-state index is 0.0336. The number of nitrogens with one attached hydrogen (secondary N) is 3. The number of aliphatic hydroxyl groups is 1. The fourth-order valence-corrected chi connectivity index (χ4v) is 3.04. The van der Waals surface area contributed by atoms with E-state index in [2.05, 4.69) is 28.6 Å². The van der Waals surface area contributed by atoms with Crippen molar-refractivity contribution < 1.29 is 34.5 Å². The number of hydrogen-bond donors (Lipinski definition) is 8. The maximum absolute atomic E-state index is 13.0. The Labute approximate surface area is 197 Å². The second-order valence-electron chi connectivity index (χ2n) is 7.67. The first kappa shape index (κ1) is 28.2. The number of carboxylic acid groups (broad SMARTS) is 1. The molecule has 11 nitrogen and oxygen atoms in total. The van der Waals surface area contributed by atoms with Gasteiger partial charge in [0.2, 0.25) is 17.7 Å². The summed E-state index contributed by atoms with van der Waals surface area (Å²) in [7, 11) is 0. The lowest BCUT2D eigenvalue weighted by molar-refractivity contribution is -0.143. The number of carboxylic acids is 1. The number of aliphatic hydroxyl groups excluding tert-OH is 1. The van der Waals surface area contributed by atoms with Gasteiger partial charge in [0.15, 0.2) is 0 Å². The number of amides is 3. The molecule has 1 aromatic rings. The van der Waals surface area contributed by atoms with Crippen LogP contribution in [0.25, 0.3) is 0 Å². The van der Waals surface area contributed by atoms with E-state index in [4.69, 9.17) is 15.9 Å². The maximum Gasteiger partial charge on any atom is 0.328 e. The van der Waals surface area contributed by atoms with Crippen molar-refractivity contribution in [2.45, 2.75) is 50.9 Å². The number of phenolic OH excluding ortho intramolecular Hbond substituents is 1. The number of aliphatic carboxylic acids is 1. The third-order valence-electron chi connectivity index (χ3n) is 5.18. The average Bonchev–Trinajstić information content (AvgIpc) is 2.79. The van der Waals surface area contributed by atoms with Crippen LogP contribution in [-0.4, -0.2) is 75.5 Å². The molecule has 5 unspecified atom stereocenters. The predicted molar refractivity (Wildman–Crippen MR) is 124 cm³/mol. The molecule has 0 aliphatic rings. The van der Waals surface area contributed by atoms with Crippen LogP contribution in [0.2, 0.25) is 0 Å². The lowest BCUT2D eigenvalue weighted by Gasteiger charge is -2.25. The lowest BCUT2D eigenvalue weighted by atomic mass is 9.98. The summed E-state index contributed by atoms with van der Waals surface area (Å²) in [6.07, 6.45) is 0.696. The summed E-state index contributed by atoms with van der Waals surface area (Å²) in [6.45, 7) is 2.85. The maximum atomic E-state index is 13.0. The highest BCUT2D eigenvalue weighted by Crippen LogP contribution is 2.12. The molecule has 0 bridgehead atoms. The minimum atomic E-state index is -1.54. The SMILES string of the molecule is CCC(C)C(N)C(=O)NC(Cc1ccc(O)cc1)C(=O)NC(CS)C(=O)NC(CO)C(=O)O. The van der Waals surface area contributed by atoms with Gasteiger partial charge < -0.3 is 37.0 Å². The first-order valence-corrected chi connectivity index (χ1v) is 11.1. The Morgan fingerprint density at radius 1 is 0.970 bits per heavy atom. The highest BCUT2D eigenvalue weighted by atomic mass is 32.1. The zero-order valence-corrected chi connectivity index (χ0v) is 19.4. The second kappa shape index (κ2) is 13.7. The molecule has 0 aliphatic carbocycles. The molecule has 8 N–H and O–H groups in total. The van der Waals surface area contributed by atoms with E-state index in [1.165, 1.54) is 12.1 Å². The van der Waals surface area contributed by atoms with E-state index >= 15 is 0 Å². The number of carbonyl (C=O) groups excluding carboxylic acids is 3. The molecule has 12 heteroatoms. The zero-order valence-electron chi connectivity index (χ0n) is 18.5. The fraction of sp³-hybridized carbons (Fsp3) is 0.524. The van der Waals surface area contributed by atoms with Gasteiger partial charge in [0.25, 0.3) is 0 Å². The Morgan fingerprint density at radius 3 is 1.97 bits per heavy atom. The lowest BCUT2D eigenvalue weighted by Crippen LogP contribution is -2.59. The summed E-state index contributed by atoms with van der Waals surface area (Å²) in [4.78, 5) is 49.0. The van der Waals surface area contributed by atoms with Gasteiger partial charge in [-0.15, -0.1) is 0 Å². The summed E-state index contributed by atoms with van der Waals surface area (Å²) >= 11 is 4.03. The fourth-order valence-electron chi connectivity index (χ4n) is 2.78. The molecule has 0 radical (unpaired) electrons. The van der Waals surface area contributed by atoms with Gasteiger partial charge in [-0.05, 0) is 23.6 Å². The van der Waals surface area contributed by atoms with Gasteiger partial charge in [-0.2, -0.15) is 12.6 Å². The summed E-state index contributed by atoms with van der Waals surface area (Å²) in [5.41, 5.74) is 6.60. The van der Waals surface area contributed by atoms with Crippen molar-refractivity contribution in [3.8, 4) is 5.75 Å². The molecule has 0 saturated carbocycles. The van der Waals surface area contributed by atoms with E-state index in [0.29, 0.717) is 12.0 Å². The van der Waals surface area contributed by atoms with E-state index in [0.717, 1.165) is 0 Å². The number of thiol groups is 1. The number of carbonyl (C=O) groups is 4. The second-order valence-corrected chi connectivity index (χ2v) is 8.03. The number of phenols is 1. The van der Waals surface area contributed by atoms with Gasteiger partial charge in [-0.3, -0.25) is 14.4 Å². The highest BCUT2D eigenvalue weighted by Gasteiger charge is 2.30. The Bertz CT molecular complexity index is 821. The van der Waals surface area contributed by atoms with Crippen LogP contribution < -0.4 is 21.7 Å². The van der Waals surface area contributed by atoms with E-state index in [1.54, 1.807) is 19.1 Å². The van der Waals surface area contributed by atoms with Gasteiger partial charge in [0.05, 0.1) is 12.6 Å². The van der Waals surface area contributed by atoms with Gasteiger partial charge in [0.1, 0.15) is 23.9 Å². The van der Waals surface area contributed by atoms with E-state index in [9.17, 15) is 24.3 Å². The van der Waals surface area contributed by atoms with Crippen LogP contribution in [0.4, 0.5) is 0 Å². The largest absolute Gasteiger partial charge is 0.508 e. The molecule has 0 spiro atoms. The van der Waals surface area contributed by atoms with Crippen molar-refractivity contribution in [2.24, 2.45) is 11.7 Å². The molecule has 0 saturated heterocycles. The highest BCUT2D eigenvalue weighted by molar-refractivity contribution is 7.80. The third-order valence-corrected chi connectivity index (χ3v) is 5.55. The van der Waals surface area contributed by atoms with Crippen LogP contribution in [0.5, 0.6) is 5.75 Å². The molecule has 3 amide bonds. The normalized spacial score (nSPS) is 15.4. The number of nitrogens with two attached hydrogens (primary N) is 1. The van der Waals surface area contributed by atoms with E-state index < -0.39 is 54.5 Å². The molecule has 33 heavy (non-hydrogen) atoms. The Hall–Kier alpha value is -2.83. The Morgan fingerprint density at radius 2 is 1.48 bits per heavy atom. The van der Waals surface area contributed by atoms with E-state index in [-0.39, 0.29) is 23.8 Å². The molecule has 1 rings (SSSR count). The molecule has 5 atom stereocenters. The van der Waals surface area contributed by atoms with Crippen molar-refractivity contribution in [2.75, 3.05) is 12.4 Å². The summed E-state index contributed by atoms with van der Waals surface area (Å²) in [5.74, 6) is -3.81. The van der Waals surface area contributed by atoms with Crippen LogP contribution >= 0.6 is 12.6 Å². The number of hydrogen-bond acceptors (Lipinski definition) is 8. The minimum Gasteiger partial charge on any atom is -0.508 e. The van der Waals surface area contributed by atoms with Gasteiger partial charge in [0, 0.05) is 12.2 Å². The molecule has 0 heterocycles. The summed E-state index contributed by atoms with van der Waals surface area (Å²) < 4.78 is 0. The molecule has 184 valence electrons. The van der Waals surface area contributed by atoms with Crippen LogP contribution in [0, 0.1) is 5.92 Å². The first-order chi connectivity index (χ1) is 15.5. The summed E-state index contributed by atoms with van der Waals surface area (Å²) in [5, 5.41) is 34.7. The smallest absolute Gasteiger partial charge is 0.328 e. The Kier molecular flexibility index (Phi) is 11.7. The van der Waals surface area contributed by atoms with Gasteiger partial charge in [-0.1, -0.05) is 32.4 Å². The third kappa shape index (κ3) is 8.91. The standard InChI is InChI=1S/C21H32N4O7S/c1-3-11(2)17(22)20(30)23-14(8-12-4-6-13(27)7-5-12)18(28)25-16(10-33)19(29)24-15(9-26)21(31)32/h4-7,11,14-17,26-27,33H,3,8-10,22H2,1-2H3,(H,23,30)(H,24,29)(H,25,28)(H,31,32). The molecule has 0 aliphatic heterocycles. The van der Waals surface area contributed by atoms with Crippen LogP contribution in [0.1, 0.15) is 25.8 Å². The van der Waals surface area contributed by atoms with Crippen molar-refractivity contribution >= 4 is 36.3 Å². The molecule has 0 aromatic heterocycles. The first-order valence-electron chi connectivity index (χ1n) is 10.4. The van der Waals surface area contributed by atoms with Crippen molar-refractivity contribution in [3.05, 3.63) is 29.8 Å². The van der Waals surface area contributed by atoms with Crippen molar-refractivity contribution in [3.63, 3.8) is 0 Å². The number of rotatable bonds is 13. The summed E-state index contributed by atoms with van der Waals surface area (Å²) in [6, 6.07) is 1.30. The van der Waals surface area contributed by atoms with Gasteiger partial charge in [-0.25, -0.2) is 4.79 Å². The van der Waals surface area contributed by atoms with Gasteiger partial charge >= 0.3 is 5.97 Å². The zero-order chi connectivity index (χ0) is 25.1. The van der Waals surface area contributed by atoms with E-state index in [1.807, 2.05) is 6.92 Å².